The van der Waals surface area contributed by atoms with Crippen molar-refractivity contribution < 1.29 is 9.47 Å². The van der Waals surface area contributed by atoms with Crippen molar-refractivity contribution in [1.29, 1.82) is 0 Å². The molecule has 0 saturated heterocycles. The zero-order chi connectivity index (χ0) is 40.2. The largest absolute Gasteiger partial charge is 0.458 e. The Kier molecular flexibility index (Phi) is 8.71. The second-order valence-electron chi connectivity index (χ2n) is 15.7. The molecular weight excluding hydrogens is 729 g/mol. The van der Waals surface area contributed by atoms with Gasteiger partial charge in [0.25, 0.3) is 6.71 Å². The summed E-state index contributed by atoms with van der Waals surface area (Å²) in [7, 11) is 0. The molecule has 2 heterocycles. The van der Waals surface area contributed by atoms with Crippen LogP contribution in [-0.2, 0) is 0 Å². The van der Waals surface area contributed by atoms with Crippen molar-refractivity contribution >= 4 is 40.2 Å². The highest BCUT2D eigenvalue weighted by molar-refractivity contribution is 6.98. The van der Waals surface area contributed by atoms with Gasteiger partial charge in [-0.3, -0.25) is 0 Å². The van der Waals surface area contributed by atoms with E-state index in [9.17, 15) is 0 Å². The molecule has 0 radical (unpaired) electrons. The van der Waals surface area contributed by atoms with E-state index in [4.69, 9.17) is 9.47 Å². The van der Waals surface area contributed by atoms with Crippen LogP contribution in [0.2, 0.25) is 0 Å². The monoisotopic (exact) mass is 769 g/mol. The number of anilines is 3. The summed E-state index contributed by atoms with van der Waals surface area (Å²) in [6.45, 7) is 4.38. The van der Waals surface area contributed by atoms with E-state index in [0.717, 1.165) is 78.7 Å². The lowest BCUT2D eigenvalue weighted by molar-refractivity contribution is 0.465. The molecule has 0 aromatic heterocycles. The number of fused-ring (bicyclic) bond motifs is 4. The molecule has 0 atom stereocenters. The van der Waals surface area contributed by atoms with Gasteiger partial charge in [-0.2, -0.15) is 0 Å². The Bertz CT molecular complexity index is 2850. The average molecular weight is 770 g/mol. The van der Waals surface area contributed by atoms with Gasteiger partial charge in [0, 0.05) is 29.0 Å². The predicted octanol–water partition coefficient (Wildman–Crippen LogP) is 13.2. The maximum atomic E-state index is 7.10. The topological polar surface area (TPSA) is 21.7 Å². The van der Waals surface area contributed by atoms with Crippen LogP contribution in [0.25, 0.3) is 44.5 Å². The SMILES string of the molecule is Cc1c(-c2ccccc2)cccc1N(c1cc2c3c(c1)Oc1cc(-c4ccccc4)ccc1B3c1ccc(-c3ccccc3)cc1O2)c1cccc(-c2ccccc2)c1C. The number of hydrogen-bond acceptors (Lipinski definition) is 3. The number of hydrogen-bond donors (Lipinski definition) is 0. The summed E-state index contributed by atoms with van der Waals surface area (Å²) in [4.78, 5) is 2.40. The Morgan fingerprint density at radius 2 is 0.750 bits per heavy atom. The first-order valence-corrected chi connectivity index (χ1v) is 20.6. The molecular formula is C56H40BNO2. The maximum Gasteiger partial charge on any atom is 0.260 e. The maximum absolute atomic E-state index is 7.10. The summed E-state index contributed by atoms with van der Waals surface area (Å²) in [6, 6.07) is 73.4. The third kappa shape index (κ3) is 6.08. The first kappa shape index (κ1) is 35.6. The first-order valence-electron chi connectivity index (χ1n) is 20.6. The molecule has 0 spiro atoms. The van der Waals surface area contributed by atoms with Gasteiger partial charge in [-0.25, -0.2) is 0 Å². The van der Waals surface area contributed by atoms with Gasteiger partial charge in [0.15, 0.2) is 0 Å². The summed E-state index contributed by atoms with van der Waals surface area (Å²) < 4.78 is 14.2. The fourth-order valence-electron chi connectivity index (χ4n) is 9.23. The van der Waals surface area contributed by atoms with Crippen LogP contribution in [0.1, 0.15) is 11.1 Å². The summed E-state index contributed by atoms with van der Waals surface area (Å²) in [5, 5.41) is 0. The Balaban J connectivity index is 1.14. The standard InChI is InChI=1S/C56H40BNO2/c1-37-46(41-21-11-5-12-22-41)25-15-27-50(37)58(51-28-16-26-47(38(51)2)42-23-13-6-14-24-42)45-35-54-56-55(36-45)60-53-34-44(40-19-9-4-10-20-40)30-32-49(53)57(56)48-31-29-43(33-52(48)59-54)39-17-7-3-8-18-39/h3-36H,1-2H3. The lowest BCUT2D eigenvalue weighted by atomic mass is 9.34. The molecule has 60 heavy (non-hydrogen) atoms. The highest BCUT2D eigenvalue weighted by Crippen LogP contribution is 2.47. The minimum absolute atomic E-state index is 0.0778. The van der Waals surface area contributed by atoms with Crippen molar-refractivity contribution in [3.63, 3.8) is 0 Å². The molecule has 4 heteroatoms. The third-order valence-corrected chi connectivity index (χ3v) is 12.2. The fraction of sp³-hybridized carbons (Fsp3) is 0.0357. The molecule has 0 unspecified atom stereocenters. The Morgan fingerprint density at radius 1 is 0.350 bits per heavy atom. The van der Waals surface area contributed by atoms with E-state index in [2.05, 4.69) is 225 Å². The molecule has 3 nitrogen and oxygen atoms in total. The van der Waals surface area contributed by atoms with Crippen molar-refractivity contribution in [2.75, 3.05) is 4.90 Å². The van der Waals surface area contributed by atoms with E-state index in [-0.39, 0.29) is 6.71 Å². The highest BCUT2D eigenvalue weighted by atomic mass is 16.5. The van der Waals surface area contributed by atoms with Gasteiger partial charge in [0.2, 0.25) is 0 Å². The minimum atomic E-state index is -0.0778. The van der Waals surface area contributed by atoms with Gasteiger partial charge in [-0.15, -0.1) is 0 Å². The van der Waals surface area contributed by atoms with Crippen LogP contribution in [0.5, 0.6) is 23.0 Å². The lowest BCUT2D eigenvalue weighted by Crippen LogP contribution is -2.57. The molecule has 0 saturated carbocycles. The summed E-state index contributed by atoms with van der Waals surface area (Å²) in [5.41, 5.74) is 18.0. The number of rotatable bonds is 7. The van der Waals surface area contributed by atoms with E-state index < -0.39 is 0 Å². The van der Waals surface area contributed by atoms with E-state index in [0.29, 0.717) is 0 Å². The second-order valence-corrected chi connectivity index (χ2v) is 15.7. The van der Waals surface area contributed by atoms with E-state index in [1.165, 1.54) is 33.4 Å². The zero-order valence-electron chi connectivity index (χ0n) is 33.5. The van der Waals surface area contributed by atoms with Crippen molar-refractivity contribution in [2.45, 2.75) is 13.8 Å². The van der Waals surface area contributed by atoms with Gasteiger partial charge < -0.3 is 14.4 Å². The summed E-state index contributed by atoms with van der Waals surface area (Å²) in [6.07, 6.45) is 0. The normalized spacial score (nSPS) is 12.1. The summed E-state index contributed by atoms with van der Waals surface area (Å²) >= 11 is 0. The van der Waals surface area contributed by atoms with Crippen molar-refractivity contribution in [1.82, 2.24) is 0 Å². The van der Waals surface area contributed by atoms with Crippen molar-refractivity contribution in [3.05, 3.63) is 217 Å². The number of ether oxygens (including phenoxy) is 2. The van der Waals surface area contributed by atoms with Gasteiger partial charge in [-0.05, 0) is 105 Å². The van der Waals surface area contributed by atoms with Crippen LogP contribution < -0.4 is 30.8 Å². The quantitative estimate of drug-likeness (QED) is 0.151. The first-order chi connectivity index (χ1) is 29.6. The van der Waals surface area contributed by atoms with Crippen LogP contribution in [0.15, 0.2) is 206 Å². The fourth-order valence-corrected chi connectivity index (χ4v) is 9.23. The molecule has 11 rings (SSSR count). The summed E-state index contributed by atoms with van der Waals surface area (Å²) in [5.74, 6) is 3.30. The second kappa shape index (κ2) is 14.7. The van der Waals surface area contributed by atoms with Gasteiger partial charge in [0.05, 0.1) is 5.69 Å². The van der Waals surface area contributed by atoms with Crippen molar-refractivity contribution in [3.8, 4) is 67.5 Å². The molecule has 0 N–H and O–H groups in total. The smallest absolute Gasteiger partial charge is 0.260 e. The Morgan fingerprint density at radius 3 is 1.17 bits per heavy atom. The molecule has 284 valence electrons. The van der Waals surface area contributed by atoms with Gasteiger partial charge in [-0.1, -0.05) is 170 Å². The molecule has 0 fully saturated rings. The predicted molar refractivity (Wildman–Crippen MR) is 250 cm³/mol. The lowest BCUT2D eigenvalue weighted by Gasteiger charge is -2.36. The minimum Gasteiger partial charge on any atom is -0.458 e. The highest BCUT2D eigenvalue weighted by Gasteiger charge is 2.41. The van der Waals surface area contributed by atoms with E-state index in [1.807, 2.05) is 0 Å². The average Bonchev–Trinajstić information content (AvgIpc) is 3.30. The Hall–Kier alpha value is -7.56. The van der Waals surface area contributed by atoms with E-state index >= 15 is 0 Å². The molecule has 2 aliphatic rings. The van der Waals surface area contributed by atoms with Gasteiger partial charge >= 0.3 is 0 Å². The third-order valence-electron chi connectivity index (χ3n) is 12.2. The molecule has 0 aliphatic carbocycles. The molecule has 9 aromatic rings. The Labute approximate surface area is 351 Å². The molecule has 0 bridgehead atoms. The number of nitrogens with zero attached hydrogens (tertiary/aromatic N) is 1. The van der Waals surface area contributed by atoms with Crippen LogP contribution in [-0.4, -0.2) is 6.71 Å². The molecule has 9 aromatic carbocycles. The van der Waals surface area contributed by atoms with Crippen LogP contribution in [0.3, 0.4) is 0 Å². The van der Waals surface area contributed by atoms with Crippen LogP contribution in [0, 0.1) is 13.8 Å². The van der Waals surface area contributed by atoms with E-state index in [1.54, 1.807) is 0 Å². The zero-order valence-corrected chi connectivity index (χ0v) is 33.5. The van der Waals surface area contributed by atoms with Crippen LogP contribution in [0.4, 0.5) is 17.1 Å². The number of benzene rings is 9. The molecule has 2 aliphatic heterocycles. The van der Waals surface area contributed by atoms with Crippen LogP contribution >= 0.6 is 0 Å². The molecule has 0 amide bonds. The van der Waals surface area contributed by atoms with Crippen molar-refractivity contribution in [2.24, 2.45) is 0 Å². The van der Waals surface area contributed by atoms with Gasteiger partial charge in [0.1, 0.15) is 23.0 Å².